The maximum Gasteiger partial charge on any atom is 0.410 e. The standard InChI is InChI=1S/C29H35NO6/c1-29(2,3)23-15-25(27(32-4)26(16-23)36-28(30)31)35-24(19-33-17-21-11-7-5-8-12-21)20-34-18-22-13-9-6-10-14-22/h5-16,24H,17-20H2,1-4H3,(H2,30,31). The molecule has 7 heteroatoms. The molecule has 1 amide bonds. The largest absolute Gasteiger partial charge is 0.490 e. The molecule has 0 aliphatic rings. The van der Waals surface area contributed by atoms with Crippen LogP contribution in [0, 0.1) is 0 Å². The van der Waals surface area contributed by atoms with E-state index in [9.17, 15) is 4.79 Å². The fraction of sp³-hybridized carbons (Fsp3) is 0.345. The lowest BCUT2D eigenvalue weighted by Gasteiger charge is -2.25. The molecule has 3 aromatic carbocycles. The third-order valence-corrected chi connectivity index (χ3v) is 5.43. The molecule has 0 aromatic heterocycles. The molecule has 7 nitrogen and oxygen atoms in total. The van der Waals surface area contributed by atoms with E-state index in [0.29, 0.717) is 19.0 Å². The number of amides is 1. The Hall–Kier alpha value is -3.55. The summed E-state index contributed by atoms with van der Waals surface area (Å²) in [4.78, 5) is 11.5. The third-order valence-electron chi connectivity index (χ3n) is 5.43. The van der Waals surface area contributed by atoms with Crippen molar-refractivity contribution in [2.45, 2.75) is 45.5 Å². The van der Waals surface area contributed by atoms with Gasteiger partial charge in [-0.2, -0.15) is 0 Å². The van der Waals surface area contributed by atoms with Crippen LogP contribution in [0.4, 0.5) is 4.79 Å². The van der Waals surface area contributed by atoms with Gasteiger partial charge in [0, 0.05) is 0 Å². The van der Waals surface area contributed by atoms with Gasteiger partial charge in [0.1, 0.15) is 6.10 Å². The Labute approximate surface area is 213 Å². The highest BCUT2D eigenvalue weighted by atomic mass is 16.6. The zero-order chi connectivity index (χ0) is 26.0. The van der Waals surface area contributed by atoms with E-state index in [1.54, 1.807) is 6.07 Å². The van der Waals surface area contributed by atoms with Gasteiger partial charge in [-0.05, 0) is 34.2 Å². The fourth-order valence-corrected chi connectivity index (χ4v) is 3.54. The molecule has 0 bridgehead atoms. The van der Waals surface area contributed by atoms with Gasteiger partial charge >= 0.3 is 6.09 Å². The van der Waals surface area contributed by atoms with Gasteiger partial charge in [-0.3, -0.25) is 0 Å². The topological polar surface area (TPSA) is 89.2 Å². The van der Waals surface area contributed by atoms with E-state index in [2.05, 4.69) is 20.8 Å². The van der Waals surface area contributed by atoms with E-state index in [-0.39, 0.29) is 30.1 Å². The first-order valence-electron chi connectivity index (χ1n) is 11.9. The van der Waals surface area contributed by atoms with Crippen molar-refractivity contribution in [2.75, 3.05) is 20.3 Å². The average Bonchev–Trinajstić information content (AvgIpc) is 2.84. The summed E-state index contributed by atoms with van der Waals surface area (Å²) in [6.45, 7) is 7.59. The van der Waals surface area contributed by atoms with Crippen molar-refractivity contribution < 1.29 is 28.5 Å². The van der Waals surface area contributed by atoms with Crippen LogP contribution in [0.25, 0.3) is 0 Å². The highest BCUT2D eigenvalue weighted by Gasteiger charge is 2.24. The van der Waals surface area contributed by atoms with E-state index in [1.807, 2.05) is 66.7 Å². The Bertz CT molecular complexity index is 1050. The lowest BCUT2D eigenvalue weighted by atomic mass is 9.86. The Morgan fingerprint density at radius 2 is 1.33 bits per heavy atom. The van der Waals surface area contributed by atoms with Crippen LogP contribution >= 0.6 is 0 Å². The van der Waals surface area contributed by atoms with Crippen LogP contribution in [0.5, 0.6) is 17.2 Å². The van der Waals surface area contributed by atoms with Gasteiger partial charge in [0.05, 0.1) is 33.5 Å². The fourth-order valence-electron chi connectivity index (χ4n) is 3.54. The van der Waals surface area contributed by atoms with E-state index in [0.717, 1.165) is 16.7 Å². The molecule has 3 aromatic rings. The summed E-state index contributed by atoms with van der Waals surface area (Å²) in [5.41, 5.74) is 8.07. The van der Waals surface area contributed by atoms with Gasteiger partial charge in [-0.25, -0.2) is 4.79 Å². The Balaban J connectivity index is 1.81. The Kier molecular flexibility index (Phi) is 9.73. The molecule has 0 aliphatic heterocycles. The maximum absolute atomic E-state index is 11.5. The monoisotopic (exact) mass is 493 g/mol. The molecule has 0 heterocycles. The van der Waals surface area contributed by atoms with Crippen molar-refractivity contribution in [3.05, 3.63) is 89.5 Å². The summed E-state index contributed by atoms with van der Waals surface area (Å²) in [6, 6.07) is 23.5. The summed E-state index contributed by atoms with van der Waals surface area (Å²) in [6.07, 6.45) is -1.39. The molecule has 0 atom stereocenters. The van der Waals surface area contributed by atoms with E-state index < -0.39 is 12.2 Å². The van der Waals surface area contributed by atoms with E-state index in [1.165, 1.54) is 7.11 Å². The normalized spacial score (nSPS) is 11.4. The van der Waals surface area contributed by atoms with E-state index in [4.69, 9.17) is 29.4 Å². The van der Waals surface area contributed by atoms with Gasteiger partial charge < -0.3 is 29.4 Å². The summed E-state index contributed by atoms with van der Waals surface area (Å²) in [5.74, 6) is 0.886. The molecule has 36 heavy (non-hydrogen) atoms. The highest BCUT2D eigenvalue weighted by molar-refractivity contribution is 5.70. The minimum Gasteiger partial charge on any atom is -0.490 e. The molecule has 0 saturated heterocycles. The predicted molar refractivity (Wildman–Crippen MR) is 139 cm³/mol. The molecule has 192 valence electrons. The van der Waals surface area contributed by atoms with Crippen LogP contribution in [-0.4, -0.2) is 32.5 Å². The van der Waals surface area contributed by atoms with Crippen molar-refractivity contribution >= 4 is 6.09 Å². The van der Waals surface area contributed by atoms with Crippen molar-refractivity contribution in [1.82, 2.24) is 0 Å². The number of carbonyl (C=O) groups is 1. The zero-order valence-corrected chi connectivity index (χ0v) is 21.4. The number of methoxy groups -OCH3 is 1. The summed E-state index contributed by atoms with van der Waals surface area (Å²) >= 11 is 0. The zero-order valence-electron chi connectivity index (χ0n) is 21.4. The highest BCUT2D eigenvalue weighted by Crippen LogP contribution is 2.42. The number of rotatable bonds is 12. The van der Waals surface area contributed by atoms with Crippen LogP contribution in [-0.2, 0) is 28.1 Å². The van der Waals surface area contributed by atoms with Crippen molar-refractivity contribution in [1.29, 1.82) is 0 Å². The van der Waals surface area contributed by atoms with Crippen LogP contribution in [0.3, 0.4) is 0 Å². The van der Waals surface area contributed by atoms with Crippen LogP contribution in [0.1, 0.15) is 37.5 Å². The Morgan fingerprint density at radius 3 is 1.78 bits per heavy atom. The van der Waals surface area contributed by atoms with Crippen molar-refractivity contribution in [3.63, 3.8) is 0 Å². The second kappa shape index (κ2) is 13.0. The molecule has 0 aliphatic carbocycles. The molecular weight excluding hydrogens is 458 g/mol. The first kappa shape index (κ1) is 27.0. The van der Waals surface area contributed by atoms with Crippen LogP contribution in [0.15, 0.2) is 72.8 Å². The van der Waals surface area contributed by atoms with Gasteiger partial charge in [-0.15, -0.1) is 0 Å². The van der Waals surface area contributed by atoms with Crippen molar-refractivity contribution in [2.24, 2.45) is 5.73 Å². The van der Waals surface area contributed by atoms with Gasteiger partial charge in [0.25, 0.3) is 0 Å². The molecule has 0 spiro atoms. The lowest BCUT2D eigenvalue weighted by molar-refractivity contribution is -0.0166. The second-order valence-corrected chi connectivity index (χ2v) is 9.42. The third kappa shape index (κ3) is 8.29. The number of hydrogen-bond donors (Lipinski definition) is 1. The van der Waals surface area contributed by atoms with E-state index >= 15 is 0 Å². The SMILES string of the molecule is COc1c(OC(N)=O)cc(C(C)(C)C)cc1OC(COCc1ccccc1)COCc1ccccc1. The summed E-state index contributed by atoms with van der Waals surface area (Å²) in [7, 11) is 1.49. The summed E-state index contributed by atoms with van der Waals surface area (Å²) < 4.78 is 29.1. The van der Waals surface area contributed by atoms with Crippen molar-refractivity contribution in [3.8, 4) is 17.2 Å². The minimum absolute atomic E-state index is 0.196. The van der Waals surface area contributed by atoms with Gasteiger partial charge in [0.2, 0.25) is 5.75 Å². The quantitative estimate of drug-likeness (QED) is 0.352. The smallest absolute Gasteiger partial charge is 0.410 e. The predicted octanol–water partition coefficient (Wildman–Crippen LogP) is 5.63. The van der Waals surface area contributed by atoms with Gasteiger partial charge in [0.15, 0.2) is 11.5 Å². The average molecular weight is 494 g/mol. The maximum atomic E-state index is 11.5. The number of ether oxygens (including phenoxy) is 5. The molecular formula is C29H35NO6. The molecule has 0 radical (unpaired) electrons. The number of benzene rings is 3. The number of primary amides is 1. The molecule has 3 rings (SSSR count). The lowest BCUT2D eigenvalue weighted by Crippen LogP contribution is -2.29. The molecule has 0 fully saturated rings. The Morgan fingerprint density at radius 1 is 0.833 bits per heavy atom. The first-order chi connectivity index (χ1) is 17.3. The van der Waals surface area contributed by atoms with Crippen LogP contribution < -0.4 is 19.9 Å². The summed E-state index contributed by atoms with van der Waals surface area (Å²) in [5, 5.41) is 0. The molecule has 0 unspecified atom stereocenters. The number of nitrogens with two attached hydrogens (primary N) is 1. The minimum atomic E-state index is -0.931. The first-order valence-corrected chi connectivity index (χ1v) is 11.9. The number of hydrogen-bond acceptors (Lipinski definition) is 6. The molecule has 2 N–H and O–H groups in total. The second-order valence-electron chi connectivity index (χ2n) is 9.42. The van der Waals surface area contributed by atoms with Gasteiger partial charge in [-0.1, -0.05) is 81.4 Å². The molecule has 0 saturated carbocycles. The number of carbonyl (C=O) groups excluding carboxylic acids is 1. The van der Waals surface area contributed by atoms with Crippen LogP contribution in [0.2, 0.25) is 0 Å².